The fraction of sp³-hybridized carbons (Fsp3) is 0.321. The van der Waals surface area contributed by atoms with Crippen LogP contribution in [0.2, 0.25) is 5.02 Å². The van der Waals surface area contributed by atoms with E-state index in [9.17, 15) is 4.79 Å². The molecule has 0 fully saturated rings. The third kappa shape index (κ3) is 4.65. The second-order valence-corrected chi connectivity index (χ2v) is 9.10. The molecule has 4 rings (SSSR count). The molecule has 0 spiro atoms. The normalized spacial score (nSPS) is 16.4. The average Bonchev–Trinajstić information content (AvgIpc) is 3.27. The second kappa shape index (κ2) is 10.8. The van der Waals surface area contributed by atoms with E-state index >= 15 is 8.78 Å². The van der Waals surface area contributed by atoms with Crippen molar-refractivity contribution in [2.75, 3.05) is 20.3 Å². The van der Waals surface area contributed by atoms with Crippen LogP contribution in [0.15, 0.2) is 48.5 Å². The van der Waals surface area contributed by atoms with Crippen LogP contribution in [0.25, 0.3) is 11.1 Å². The number of fused-ring (bicyclic) bond motifs is 1. The number of carbonyl (C=O) groups excluding carboxylic acids is 1. The summed E-state index contributed by atoms with van der Waals surface area (Å²) in [5, 5.41) is 11.3. The minimum absolute atomic E-state index is 0.0215. The molecule has 0 aliphatic carbocycles. The van der Waals surface area contributed by atoms with Crippen molar-refractivity contribution < 1.29 is 28.2 Å². The van der Waals surface area contributed by atoms with E-state index in [4.69, 9.17) is 26.2 Å². The Morgan fingerprint density at radius 3 is 2.61 bits per heavy atom. The molecule has 0 saturated carbocycles. The zero-order chi connectivity index (χ0) is 25.9. The third-order valence-electron chi connectivity index (χ3n) is 6.46. The topological polar surface area (TPSA) is 67.8 Å². The highest BCUT2D eigenvalue weighted by atomic mass is 35.5. The number of aliphatic hydroxyl groups is 1. The van der Waals surface area contributed by atoms with Gasteiger partial charge < -0.3 is 19.9 Å². The monoisotopic (exact) mass is 515 g/mol. The van der Waals surface area contributed by atoms with Crippen LogP contribution in [0.5, 0.6) is 11.5 Å². The lowest BCUT2D eigenvalue weighted by molar-refractivity contribution is 0.0795. The number of aliphatic hydroxyl groups excluding tert-OH is 1. The number of halogens is 3. The SMILES string of the molecule is CCCC[C@@]1(c2ccccc2)Cc2c(cc(F)c(Cl)c2-c2c(C(=O)NC)ccc(OCCO)c2F)O1. The first-order chi connectivity index (χ1) is 17.4. The van der Waals surface area contributed by atoms with E-state index in [1.807, 2.05) is 30.3 Å². The highest BCUT2D eigenvalue weighted by Gasteiger charge is 2.43. The summed E-state index contributed by atoms with van der Waals surface area (Å²) in [6.45, 7) is 1.60. The van der Waals surface area contributed by atoms with Gasteiger partial charge in [-0.3, -0.25) is 4.79 Å². The van der Waals surface area contributed by atoms with Crippen molar-refractivity contribution in [3.8, 4) is 22.6 Å². The molecule has 0 bridgehead atoms. The summed E-state index contributed by atoms with van der Waals surface area (Å²) in [6, 6.07) is 13.6. The number of carbonyl (C=O) groups is 1. The van der Waals surface area contributed by atoms with Gasteiger partial charge in [0.2, 0.25) is 0 Å². The van der Waals surface area contributed by atoms with Crippen molar-refractivity contribution in [2.45, 2.75) is 38.2 Å². The molecule has 2 N–H and O–H groups in total. The van der Waals surface area contributed by atoms with E-state index < -0.39 is 23.1 Å². The quantitative estimate of drug-likeness (QED) is 0.365. The molecule has 1 atom stereocenters. The van der Waals surface area contributed by atoms with Crippen molar-refractivity contribution in [1.29, 1.82) is 0 Å². The van der Waals surface area contributed by atoms with Gasteiger partial charge in [-0.05, 0) is 30.5 Å². The Morgan fingerprint density at radius 2 is 1.94 bits per heavy atom. The molecule has 5 nitrogen and oxygen atoms in total. The Balaban J connectivity index is 1.96. The standard InChI is InChI=1S/C28H28ClF2NO4/c1-3-4-12-28(17-8-6-5-7-9-17)16-19-22(36-28)15-20(30)25(29)23(19)24-18(27(34)32-2)10-11-21(26(24)31)35-14-13-33/h5-11,15,33H,3-4,12-14,16H2,1-2H3,(H,32,34)/t28-/m0/s1. The lowest BCUT2D eigenvalue weighted by atomic mass is 9.82. The van der Waals surface area contributed by atoms with Crippen LogP contribution < -0.4 is 14.8 Å². The van der Waals surface area contributed by atoms with Gasteiger partial charge in [0, 0.05) is 36.2 Å². The van der Waals surface area contributed by atoms with Crippen LogP contribution in [0, 0.1) is 11.6 Å². The highest BCUT2D eigenvalue weighted by Crippen LogP contribution is 2.52. The molecule has 0 aromatic heterocycles. The summed E-state index contributed by atoms with van der Waals surface area (Å²) in [5.41, 5.74) is 0.515. The van der Waals surface area contributed by atoms with Gasteiger partial charge in [-0.1, -0.05) is 55.3 Å². The minimum Gasteiger partial charge on any atom is -0.488 e. The predicted octanol–water partition coefficient (Wildman–Crippen LogP) is 6.04. The third-order valence-corrected chi connectivity index (χ3v) is 6.83. The lowest BCUT2D eigenvalue weighted by Gasteiger charge is -2.29. The number of ether oxygens (including phenoxy) is 2. The van der Waals surface area contributed by atoms with Gasteiger partial charge in [0.25, 0.3) is 5.91 Å². The van der Waals surface area contributed by atoms with Gasteiger partial charge in [-0.25, -0.2) is 8.78 Å². The molecule has 0 unspecified atom stereocenters. The highest BCUT2D eigenvalue weighted by molar-refractivity contribution is 6.34. The van der Waals surface area contributed by atoms with E-state index in [1.165, 1.54) is 25.2 Å². The van der Waals surface area contributed by atoms with E-state index in [0.29, 0.717) is 18.4 Å². The zero-order valence-corrected chi connectivity index (χ0v) is 20.9. The molecule has 1 heterocycles. The first-order valence-electron chi connectivity index (χ1n) is 11.9. The Bertz CT molecular complexity index is 1270. The zero-order valence-electron chi connectivity index (χ0n) is 20.2. The van der Waals surface area contributed by atoms with Crippen LogP contribution >= 0.6 is 11.6 Å². The maximum absolute atomic E-state index is 15.9. The van der Waals surface area contributed by atoms with Crippen LogP contribution in [0.3, 0.4) is 0 Å². The van der Waals surface area contributed by atoms with Gasteiger partial charge in [0.05, 0.1) is 17.2 Å². The summed E-state index contributed by atoms with van der Waals surface area (Å²) in [6.07, 6.45) is 2.76. The van der Waals surface area contributed by atoms with E-state index in [0.717, 1.165) is 18.4 Å². The van der Waals surface area contributed by atoms with Crippen molar-refractivity contribution >= 4 is 17.5 Å². The van der Waals surface area contributed by atoms with Gasteiger partial charge >= 0.3 is 0 Å². The number of unbranched alkanes of at least 4 members (excludes halogenated alkanes) is 1. The molecule has 1 aliphatic heterocycles. The molecular weight excluding hydrogens is 488 g/mol. The summed E-state index contributed by atoms with van der Waals surface area (Å²) in [5.74, 6) is -2.14. The van der Waals surface area contributed by atoms with Crippen molar-refractivity contribution in [3.05, 3.63) is 81.9 Å². The molecule has 0 radical (unpaired) electrons. The number of hydrogen-bond donors (Lipinski definition) is 2. The number of rotatable bonds is 9. The largest absolute Gasteiger partial charge is 0.488 e. The smallest absolute Gasteiger partial charge is 0.251 e. The van der Waals surface area contributed by atoms with Crippen molar-refractivity contribution in [1.82, 2.24) is 5.32 Å². The van der Waals surface area contributed by atoms with Gasteiger partial charge in [-0.2, -0.15) is 0 Å². The number of amides is 1. The van der Waals surface area contributed by atoms with Crippen LogP contribution in [0.1, 0.15) is 47.7 Å². The summed E-state index contributed by atoms with van der Waals surface area (Å²) >= 11 is 6.49. The summed E-state index contributed by atoms with van der Waals surface area (Å²) < 4.78 is 42.9. The molecule has 0 saturated heterocycles. The van der Waals surface area contributed by atoms with Crippen molar-refractivity contribution in [3.63, 3.8) is 0 Å². The molecular formula is C28H28ClF2NO4. The molecule has 1 aliphatic rings. The lowest BCUT2D eigenvalue weighted by Crippen LogP contribution is -2.31. The Morgan fingerprint density at radius 1 is 1.19 bits per heavy atom. The second-order valence-electron chi connectivity index (χ2n) is 8.72. The Hall–Kier alpha value is -3.16. The molecule has 8 heteroatoms. The van der Waals surface area contributed by atoms with E-state index in [1.54, 1.807) is 0 Å². The van der Waals surface area contributed by atoms with Crippen LogP contribution in [0.4, 0.5) is 8.78 Å². The fourth-order valence-electron chi connectivity index (χ4n) is 4.74. The number of benzene rings is 3. The fourth-order valence-corrected chi connectivity index (χ4v) is 5.00. The van der Waals surface area contributed by atoms with Crippen molar-refractivity contribution in [2.24, 2.45) is 0 Å². The molecule has 190 valence electrons. The van der Waals surface area contributed by atoms with Crippen LogP contribution in [-0.4, -0.2) is 31.3 Å². The number of nitrogens with one attached hydrogen (secondary N) is 1. The van der Waals surface area contributed by atoms with Crippen LogP contribution in [-0.2, 0) is 12.0 Å². The first kappa shape index (κ1) is 25.9. The maximum atomic E-state index is 15.9. The van der Waals surface area contributed by atoms with E-state index in [-0.39, 0.29) is 46.4 Å². The summed E-state index contributed by atoms with van der Waals surface area (Å²) in [4.78, 5) is 12.7. The minimum atomic E-state index is -0.870. The first-order valence-corrected chi connectivity index (χ1v) is 12.3. The Kier molecular flexibility index (Phi) is 7.81. The predicted molar refractivity (Wildman–Crippen MR) is 135 cm³/mol. The maximum Gasteiger partial charge on any atom is 0.251 e. The molecule has 3 aromatic carbocycles. The van der Waals surface area contributed by atoms with Gasteiger partial charge in [0.1, 0.15) is 23.8 Å². The molecule has 3 aromatic rings. The summed E-state index contributed by atoms with van der Waals surface area (Å²) in [7, 11) is 1.42. The Labute approximate surface area is 214 Å². The van der Waals surface area contributed by atoms with Gasteiger partial charge in [-0.15, -0.1) is 0 Å². The van der Waals surface area contributed by atoms with E-state index in [2.05, 4.69) is 12.2 Å². The average molecular weight is 516 g/mol. The van der Waals surface area contributed by atoms with Gasteiger partial charge in [0.15, 0.2) is 11.6 Å². The molecule has 1 amide bonds. The molecule has 36 heavy (non-hydrogen) atoms. The number of hydrogen-bond acceptors (Lipinski definition) is 4.